The summed E-state index contributed by atoms with van der Waals surface area (Å²) in [4.78, 5) is 9.71. The molecule has 1 N–H and O–H groups in total. The minimum Gasteiger partial charge on any atom is -0.456 e. The van der Waals surface area contributed by atoms with Gasteiger partial charge in [0.15, 0.2) is 11.7 Å². The van der Waals surface area contributed by atoms with E-state index in [1.165, 1.54) is 16.2 Å². The number of aliphatic imine (C=N–C) groups is 2. The zero-order valence-electron chi connectivity index (χ0n) is 24.3. The van der Waals surface area contributed by atoms with Gasteiger partial charge in [-0.1, -0.05) is 127 Å². The van der Waals surface area contributed by atoms with E-state index in [9.17, 15) is 5.41 Å². The van der Waals surface area contributed by atoms with Crippen molar-refractivity contribution in [3.8, 4) is 11.1 Å². The lowest BCUT2D eigenvalue weighted by atomic mass is 9.92. The minimum absolute atomic E-state index is 0.116. The molecule has 4 nitrogen and oxygen atoms in total. The predicted molar refractivity (Wildman–Crippen MR) is 188 cm³/mol. The van der Waals surface area contributed by atoms with E-state index in [1.54, 1.807) is 6.21 Å². The third-order valence-electron chi connectivity index (χ3n) is 8.22. The highest BCUT2D eigenvalue weighted by Gasteiger charge is 2.20. The van der Waals surface area contributed by atoms with E-state index >= 15 is 0 Å². The highest BCUT2D eigenvalue weighted by Crippen LogP contribution is 2.39. The van der Waals surface area contributed by atoms with Crippen LogP contribution in [0.4, 0.5) is 0 Å². The van der Waals surface area contributed by atoms with Crippen molar-refractivity contribution in [3.63, 3.8) is 0 Å². The fourth-order valence-electron chi connectivity index (χ4n) is 6.08. The Morgan fingerprint density at radius 1 is 0.578 bits per heavy atom. The number of amidine groups is 2. The largest absolute Gasteiger partial charge is 0.456 e. The molecule has 1 aromatic heterocycles. The molecule has 8 rings (SSSR count). The summed E-state index contributed by atoms with van der Waals surface area (Å²) >= 11 is 0. The summed E-state index contributed by atoms with van der Waals surface area (Å²) in [5, 5.41) is 16.1. The first-order chi connectivity index (χ1) is 22.2. The van der Waals surface area contributed by atoms with Crippen LogP contribution in [0.3, 0.4) is 0 Å². The lowest BCUT2D eigenvalue weighted by Crippen LogP contribution is -2.06. The van der Waals surface area contributed by atoms with E-state index < -0.39 is 0 Å². The molecule has 4 heteroatoms. The smallest absolute Gasteiger partial charge is 0.161 e. The van der Waals surface area contributed by atoms with Crippen molar-refractivity contribution in [1.82, 2.24) is 0 Å². The summed E-state index contributed by atoms with van der Waals surface area (Å²) in [6.45, 7) is 0. The lowest BCUT2D eigenvalue weighted by Gasteiger charge is -2.13. The molecular weight excluding hydrogens is 550 g/mol. The van der Waals surface area contributed by atoms with Crippen LogP contribution in [-0.4, -0.2) is 17.9 Å². The fourth-order valence-corrected chi connectivity index (χ4v) is 6.08. The zero-order valence-corrected chi connectivity index (χ0v) is 24.3. The second kappa shape index (κ2) is 11.2. The van der Waals surface area contributed by atoms with E-state index in [1.807, 2.05) is 97.1 Å². The number of nitrogens with one attached hydrogen (secondary N) is 1. The average molecular weight is 578 g/mol. The lowest BCUT2D eigenvalue weighted by molar-refractivity contribution is 0.669. The van der Waals surface area contributed by atoms with Crippen LogP contribution in [0.25, 0.3) is 54.6 Å². The average Bonchev–Trinajstić information content (AvgIpc) is 3.49. The quantitative estimate of drug-likeness (QED) is 0.126. The molecule has 0 spiro atoms. The molecule has 212 valence electrons. The number of nitrogens with zero attached hydrogens (tertiary/aromatic N) is 2. The third-order valence-corrected chi connectivity index (χ3v) is 8.22. The Balaban J connectivity index is 1.35. The Morgan fingerprint density at radius 2 is 1.27 bits per heavy atom. The van der Waals surface area contributed by atoms with Gasteiger partial charge in [-0.25, -0.2) is 9.98 Å². The van der Waals surface area contributed by atoms with Gasteiger partial charge in [0.25, 0.3) is 0 Å². The molecule has 0 aliphatic heterocycles. The highest BCUT2D eigenvalue weighted by molar-refractivity contribution is 6.24. The molecule has 0 aliphatic rings. The molecule has 45 heavy (non-hydrogen) atoms. The first-order valence-corrected chi connectivity index (χ1v) is 14.9. The van der Waals surface area contributed by atoms with Gasteiger partial charge in [-0.3, -0.25) is 5.41 Å². The SMILES string of the molecule is N=C(N=C(N=Cc1ccccc1)c1ccccc1)c1c(-c2ccc3c(ccc4ccccc43)c2)ccc2oc3ccccc3c12. The fraction of sp³-hybridized carbons (Fsp3) is 0. The van der Waals surface area contributed by atoms with Crippen LogP contribution >= 0.6 is 0 Å². The van der Waals surface area contributed by atoms with Crippen LogP contribution in [0, 0.1) is 5.41 Å². The summed E-state index contributed by atoms with van der Waals surface area (Å²) in [6.07, 6.45) is 1.79. The van der Waals surface area contributed by atoms with Crippen molar-refractivity contribution in [2.75, 3.05) is 0 Å². The number of rotatable bonds is 4. The van der Waals surface area contributed by atoms with Gasteiger partial charge in [0.2, 0.25) is 0 Å². The van der Waals surface area contributed by atoms with Crippen molar-refractivity contribution in [1.29, 1.82) is 5.41 Å². The molecule has 0 amide bonds. The topological polar surface area (TPSA) is 61.7 Å². The van der Waals surface area contributed by atoms with Crippen molar-refractivity contribution in [2.45, 2.75) is 0 Å². The van der Waals surface area contributed by atoms with Gasteiger partial charge in [0.1, 0.15) is 11.2 Å². The molecule has 0 fully saturated rings. The van der Waals surface area contributed by atoms with Crippen molar-refractivity contribution >= 4 is 61.4 Å². The van der Waals surface area contributed by atoms with Crippen LogP contribution in [0.1, 0.15) is 16.7 Å². The molecule has 0 unspecified atom stereocenters. The van der Waals surface area contributed by atoms with Crippen molar-refractivity contribution in [3.05, 3.63) is 168 Å². The summed E-state index contributed by atoms with van der Waals surface area (Å²) in [5.74, 6) is 0.579. The molecule has 0 saturated carbocycles. The summed E-state index contributed by atoms with van der Waals surface area (Å²) in [5.41, 5.74) is 5.92. The minimum atomic E-state index is 0.116. The van der Waals surface area contributed by atoms with Crippen molar-refractivity contribution < 1.29 is 4.42 Å². The molecule has 0 bridgehead atoms. The molecule has 7 aromatic carbocycles. The van der Waals surface area contributed by atoms with Gasteiger partial charge < -0.3 is 4.42 Å². The maximum Gasteiger partial charge on any atom is 0.161 e. The summed E-state index contributed by atoms with van der Waals surface area (Å²) in [7, 11) is 0. The molecule has 0 saturated heterocycles. The van der Waals surface area contributed by atoms with Gasteiger partial charge in [0, 0.05) is 28.1 Å². The molecular formula is C41H27N3O. The maximum absolute atomic E-state index is 9.55. The Labute approximate surface area is 260 Å². The van der Waals surface area contributed by atoms with Crippen LogP contribution in [-0.2, 0) is 0 Å². The standard InChI is InChI=1S/C41H27N3O/c42-40(44-41(29-14-5-2-6-15-29)43-26-27-11-3-1-4-12-27)39-34(23-24-37-38(39)35-17-9-10-18-36(35)45-37)31-21-22-33-30(25-31)20-19-28-13-7-8-16-32(28)33/h1-26,42H. The Hall–Kier alpha value is -6.13. The van der Waals surface area contributed by atoms with E-state index in [0.717, 1.165) is 49.6 Å². The monoisotopic (exact) mass is 577 g/mol. The van der Waals surface area contributed by atoms with Crippen LogP contribution < -0.4 is 0 Å². The van der Waals surface area contributed by atoms with E-state index in [-0.39, 0.29) is 5.84 Å². The molecule has 0 atom stereocenters. The van der Waals surface area contributed by atoms with Crippen LogP contribution in [0.5, 0.6) is 0 Å². The third kappa shape index (κ3) is 4.89. The zero-order chi connectivity index (χ0) is 30.2. The first kappa shape index (κ1) is 26.5. The number of para-hydroxylation sites is 1. The van der Waals surface area contributed by atoms with Crippen LogP contribution in [0.2, 0.25) is 0 Å². The predicted octanol–water partition coefficient (Wildman–Crippen LogP) is 10.5. The van der Waals surface area contributed by atoms with Gasteiger partial charge >= 0.3 is 0 Å². The number of fused-ring (bicyclic) bond motifs is 6. The maximum atomic E-state index is 9.55. The van der Waals surface area contributed by atoms with E-state index in [4.69, 9.17) is 14.4 Å². The summed E-state index contributed by atoms with van der Waals surface area (Å²) in [6, 6.07) is 51.1. The first-order valence-electron chi connectivity index (χ1n) is 14.9. The molecule has 8 aromatic rings. The second-order valence-electron chi connectivity index (χ2n) is 11.0. The Kier molecular flexibility index (Phi) is 6.58. The normalized spacial score (nSPS) is 12.1. The molecule has 0 radical (unpaired) electrons. The molecule has 1 heterocycles. The summed E-state index contributed by atoms with van der Waals surface area (Å²) < 4.78 is 6.27. The van der Waals surface area contributed by atoms with E-state index in [0.29, 0.717) is 11.4 Å². The number of hydrogen-bond donors (Lipinski definition) is 1. The number of benzene rings is 7. The Morgan fingerprint density at radius 3 is 2.11 bits per heavy atom. The van der Waals surface area contributed by atoms with Gasteiger partial charge in [-0.2, -0.15) is 0 Å². The van der Waals surface area contributed by atoms with Crippen LogP contribution in [0.15, 0.2) is 166 Å². The Bertz CT molecular complexity index is 2440. The van der Waals surface area contributed by atoms with Gasteiger partial charge in [-0.15, -0.1) is 0 Å². The second-order valence-corrected chi connectivity index (χ2v) is 11.0. The highest BCUT2D eigenvalue weighted by atomic mass is 16.3. The number of furan rings is 1. The molecule has 0 aliphatic carbocycles. The van der Waals surface area contributed by atoms with Gasteiger partial charge in [0.05, 0.1) is 0 Å². The van der Waals surface area contributed by atoms with Gasteiger partial charge in [-0.05, 0) is 62.5 Å². The van der Waals surface area contributed by atoms with E-state index in [2.05, 4.69) is 54.6 Å². The number of hydrogen-bond acceptors (Lipinski definition) is 2. The van der Waals surface area contributed by atoms with Crippen molar-refractivity contribution in [2.24, 2.45) is 9.98 Å².